The average molecular weight is 291 g/mol. The molecule has 0 aromatic carbocycles. The highest BCUT2D eigenvalue weighted by Crippen LogP contribution is 2.39. The fourth-order valence-corrected chi connectivity index (χ4v) is 3.93. The van der Waals surface area contributed by atoms with Gasteiger partial charge in [-0.3, -0.25) is 0 Å². The molecule has 1 aliphatic carbocycles. The number of aromatic nitrogens is 4. The lowest BCUT2D eigenvalue weighted by atomic mass is 9.77. The minimum absolute atomic E-state index is 0.289. The van der Waals surface area contributed by atoms with Gasteiger partial charge >= 0.3 is 0 Å². The Labute approximate surface area is 120 Å². The van der Waals surface area contributed by atoms with Crippen molar-refractivity contribution in [2.45, 2.75) is 42.9 Å². The molecule has 1 saturated heterocycles. The van der Waals surface area contributed by atoms with Crippen LogP contribution in [0.1, 0.15) is 49.0 Å². The summed E-state index contributed by atoms with van der Waals surface area (Å²) >= 11 is 1.90. The highest BCUT2D eigenvalue weighted by molar-refractivity contribution is 7.99. The molecular weight excluding hydrogens is 274 g/mol. The quantitative estimate of drug-likeness (QED) is 0.901. The predicted molar refractivity (Wildman–Crippen MR) is 76.0 cm³/mol. The van der Waals surface area contributed by atoms with Crippen molar-refractivity contribution in [1.29, 1.82) is 0 Å². The SMILES string of the molecule is NC1(c2ncc(-c3nc(C4CCCS4)no3)[nH]2)CCC1. The van der Waals surface area contributed by atoms with Gasteiger partial charge in [-0.1, -0.05) is 5.16 Å². The van der Waals surface area contributed by atoms with Crippen LogP contribution in [-0.2, 0) is 5.54 Å². The van der Waals surface area contributed by atoms with Gasteiger partial charge in [0.25, 0.3) is 5.89 Å². The molecule has 6 nitrogen and oxygen atoms in total. The summed E-state index contributed by atoms with van der Waals surface area (Å²) in [7, 11) is 0. The Morgan fingerprint density at radius 3 is 3.00 bits per heavy atom. The van der Waals surface area contributed by atoms with E-state index in [0.717, 1.165) is 43.0 Å². The molecule has 7 heteroatoms. The largest absolute Gasteiger partial charge is 0.336 e. The summed E-state index contributed by atoms with van der Waals surface area (Å²) in [4.78, 5) is 12.1. The van der Waals surface area contributed by atoms with E-state index in [1.165, 1.54) is 12.2 Å². The van der Waals surface area contributed by atoms with Crippen molar-refractivity contribution in [3.63, 3.8) is 0 Å². The van der Waals surface area contributed by atoms with Crippen LogP contribution in [0.5, 0.6) is 0 Å². The van der Waals surface area contributed by atoms with Crippen LogP contribution in [0.4, 0.5) is 0 Å². The van der Waals surface area contributed by atoms with E-state index in [4.69, 9.17) is 10.3 Å². The van der Waals surface area contributed by atoms with Crippen molar-refractivity contribution >= 4 is 11.8 Å². The Morgan fingerprint density at radius 2 is 2.30 bits per heavy atom. The highest BCUT2D eigenvalue weighted by atomic mass is 32.2. The Kier molecular flexibility index (Phi) is 2.85. The van der Waals surface area contributed by atoms with Gasteiger partial charge in [0.15, 0.2) is 5.82 Å². The fraction of sp³-hybridized carbons (Fsp3) is 0.615. The monoisotopic (exact) mass is 291 g/mol. The summed E-state index contributed by atoms with van der Waals surface area (Å²) < 4.78 is 5.35. The fourth-order valence-electron chi connectivity index (χ4n) is 2.73. The zero-order valence-electron chi connectivity index (χ0n) is 11.1. The van der Waals surface area contributed by atoms with Crippen molar-refractivity contribution in [3.05, 3.63) is 17.8 Å². The normalized spacial score (nSPS) is 24.8. The molecule has 4 rings (SSSR count). The van der Waals surface area contributed by atoms with Gasteiger partial charge in [0.05, 0.1) is 17.0 Å². The second kappa shape index (κ2) is 4.60. The molecule has 3 heterocycles. The van der Waals surface area contributed by atoms with Crippen LogP contribution in [0.25, 0.3) is 11.6 Å². The summed E-state index contributed by atoms with van der Waals surface area (Å²) in [6, 6.07) is 0. The molecule has 20 heavy (non-hydrogen) atoms. The molecule has 0 amide bonds. The van der Waals surface area contributed by atoms with Gasteiger partial charge in [-0.25, -0.2) is 4.98 Å². The molecule has 2 aromatic rings. The predicted octanol–water partition coefficient (Wildman–Crippen LogP) is 2.37. The topological polar surface area (TPSA) is 93.6 Å². The third-order valence-electron chi connectivity index (χ3n) is 4.18. The van der Waals surface area contributed by atoms with Gasteiger partial charge in [-0.15, -0.1) is 0 Å². The number of nitrogens with one attached hydrogen (secondary N) is 1. The standard InChI is InChI=1S/C13H17N5OS/c14-13(4-2-5-13)12-15-7-8(16-12)11-17-10(18-19-11)9-3-1-6-20-9/h7,9H,1-6,14H2,(H,15,16). The minimum Gasteiger partial charge on any atom is -0.336 e. The van der Waals surface area contributed by atoms with E-state index in [0.29, 0.717) is 11.1 Å². The smallest absolute Gasteiger partial charge is 0.276 e. The number of nitrogens with zero attached hydrogens (tertiary/aromatic N) is 3. The Bertz CT molecular complexity index is 612. The van der Waals surface area contributed by atoms with E-state index in [9.17, 15) is 0 Å². The first-order valence-electron chi connectivity index (χ1n) is 7.05. The van der Waals surface area contributed by atoms with Crippen LogP contribution < -0.4 is 5.73 Å². The zero-order valence-corrected chi connectivity index (χ0v) is 11.9. The van der Waals surface area contributed by atoms with Gasteiger partial charge in [-0.2, -0.15) is 16.7 Å². The number of H-pyrrole nitrogens is 1. The summed E-state index contributed by atoms with van der Waals surface area (Å²) in [6.45, 7) is 0. The summed E-state index contributed by atoms with van der Waals surface area (Å²) in [5.41, 5.74) is 6.73. The van der Waals surface area contributed by atoms with Crippen LogP contribution in [0.15, 0.2) is 10.7 Å². The Hall–Kier alpha value is -1.34. The lowest BCUT2D eigenvalue weighted by Gasteiger charge is -2.35. The number of hydrogen-bond acceptors (Lipinski definition) is 6. The lowest BCUT2D eigenvalue weighted by Crippen LogP contribution is -2.44. The van der Waals surface area contributed by atoms with Gasteiger partial charge in [0.1, 0.15) is 11.5 Å². The van der Waals surface area contributed by atoms with Crippen molar-refractivity contribution in [1.82, 2.24) is 20.1 Å². The van der Waals surface area contributed by atoms with E-state index < -0.39 is 0 Å². The Balaban J connectivity index is 1.58. The van der Waals surface area contributed by atoms with Crippen molar-refractivity contribution in [2.24, 2.45) is 5.73 Å². The van der Waals surface area contributed by atoms with Crippen LogP contribution in [0, 0.1) is 0 Å². The minimum atomic E-state index is -0.289. The van der Waals surface area contributed by atoms with E-state index in [1.807, 2.05) is 11.8 Å². The number of nitrogens with two attached hydrogens (primary N) is 1. The number of imidazole rings is 1. The van der Waals surface area contributed by atoms with Crippen LogP contribution in [0.2, 0.25) is 0 Å². The molecule has 3 N–H and O–H groups in total. The first kappa shape index (κ1) is 12.4. The van der Waals surface area contributed by atoms with Crippen LogP contribution in [-0.4, -0.2) is 25.9 Å². The van der Waals surface area contributed by atoms with Crippen LogP contribution in [0.3, 0.4) is 0 Å². The molecular formula is C13H17N5OS. The van der Waals surface area contributed by atoms with Crippen molar-refractivity contribution in [3.8, 4) is 11.6 Å². The first-order valence-corrected chi connectivity index (χ1v) is 8.09. The van der Waals surface area contributed by atoms with E-state index >= 15 is 0 Å². The van der Waals surface area contributed by atoms with Crippen LogP contribution >= 0.6 is 11.8 Å². The van der Waals surface area contributed by atoms with Gasteiger partial charge in [0, 0.05) is 0 Å². The molecule has 1 aliphatic heterocycles. The third-order valence-corrected chi connectivity index (χ3v) is 5.56. The molecule has 0 bridgehead atoms. The molecule has 1 atom stereocenters. The molecule has 1 saturated carbocycles. The number of hydrogen-bond donors (Lipinski definition) is 2. The third kappa shape index (κ3) is 1.96. The number of thioether (sulfide) groups is 1. The summed E-state index contributed by atoms with van der Waals surface area (Å²) in [6.07, 6.45) is 7.21. The van der Waals surface area contributed by atoms with Gasteiger partial charge in [0.2, 0.25) is 0 Å². The Morgan fingerprint density at radius 1 is 1.40 bits per heavy atom. The maximum Gasteiger partial charge on any atom is 0.276 e. The summed E-state index contributed by atoms with van der Waals surface area (Å²) in [5, 5.41) is 4.47. The first-order chi connectivity index (χ1) is 9.74. The van der Waals surface area contributed by atoms with Gasteiger partial charge in [-0.05, 0) is 37.9 Å². The average Bonchev–Trinajstić information content (AvgIpc) is 3.13. The second-order valence-electron chi connectivity index (χ2n) is 5.61. The summed E-state index contributed by atoms with van der Waals surface area (Å²) in [5.74, 6) is 3.31. The lowest BCUT2D eigenvalue weighted by molar-refractivity contribution is 0.240. The van der Waals surface area contributed by atoms with E-state index in [1.54, 1.807) is 6.20 Å². The second-order valence-corrected chi connectivity index (χ2v) is 6.93. The van der Waals surface area contributed by atoms with Crippen molar-refractivity contribution < 1.29 is 4.52 Å². The zero-order chi connectivity index (χ0) is 13.6. The molecule has 0 radical (unpaired) electrons. The molecule has 106 valence electrons. The number of rotatable bonds is 3. The van der Waals surface area contributed by atoms with Crippen molar-refractivity contribution in [2.75, 3.05) is 5.75 Å². The maximum atomic E-state index is 6.26. The molecule has 0 spiro atoms. The molecule has 2 aromatic heterocycles. The molecule has 2 fully saturated rings. The molecule has 1 unspecified atom stereocenters. The van der Waals surface area contributed by atoms with E-state index in [2.05, 4.69) is 20.1 Å². The number of aromatic amines is 1. The van der Waals surface area contributed by atoms with E-state index in [-0.39, 0.29) is 5.54 Å². The highest BCUT2D eigenvalue weighted by Gasteiger charge is 2.37. The molecule has 2 aliphatic rings. The van der Waals surface area contributed by atoms with Gasteiger partial charge < -0.3 is 15.2 Å². The maximum absolute atomic E-state index is 6.26.